The number of carboxylic acid groups (broad SMARTS) is 1. The van der Waals surface area contributed by atoms with Crippen molar-refractivity contribution in [3.05, 3.63) is 101 Å². The molecule has 29 heavy (non-hydrogen) atoms. The third kappa shape index (κ3) is 3.71. The first-order valence-corrected chi connectivity index (χ1v) is 9.01. The van der Waals surface area contributed by atoms with E-state index >= 15 is 0 Å². The Kier molecular flexibility index (Phi) is 4.80. The molecule has 4 rings (SSSR count). The van der Waals surface area contributed by atoms with Gasteiger partial charge in [-0.15, -0.1) is 0 Å². The fraction of sp³-hybridized carbons (Fsp3) is 0.0870. The van der Waals surface area contributed by atoms with Crippen molar-refractivity contribution in [1.82, 2.24) is 0 Å². The molecule has 0 radical (unpaired) electrons. The Balaban J connectivity index is 1.72. The molecule has 0 saturated heterocycles. The molecule has 0 aromatic heterocycles. The van der Waals surface area contributed by atoms with Crippen molar-refractivity contribution in [2.75, 3.05) is 5.01 Å². The summed E-state index contributed by atoms with van der Waals surface area (Å²) in [5.74, 6) is -1.28. The first kappa shape index (κ1) is 18.4. The molecule has 0 amide bonds. The molecule has 0 bridgehead atoms. The maximum absolute atomic E-state index is 13.4. The first-order chi connectivity index (χ1) is 14.0. The Morgan fingerprint density at radius 3 is 2.28 bits per heavy atom. The third-order valence-electron chi connectivity index (χ3n) is 4.89. The van der Waals surface area contributed by atoms with Crippen molar-refractivity contribution in [3.63, 3.8) is 0 Å². The SMILES string of the molecule is N#Cc1ccc(N2N=C(c3ccc(C(=O)O)cc3)C[C@@H]2c2ccc(F)cc2)cc1. The van der Waals surface area contributed by atoms with Gasteiger partial charge in [-0.2, -0.15) is 10.4 Å². The van der Waals surface area contributed by atoms with Gasteiger partial charge in [0.25, 0.3) is 0 Å². The third-order valence-corrected chi connectivity index (χ3v) is 4.89. The lowest BCUT2D eigenvalue weighted by Crippen LogP contribution is -2.18. The fourth-order valence-corrected chi connectivity index (χ4v) is 3.36. The number of nitrogens with zero attached hydrogens (tertiary/aromatic N) is 3. The molecule has 1 atom stereocenters. The van der Waals surface area contributed by atoms with Crippen LogP contribution in [0, 0.1) is 17.1 Å². The lowest BCUT2D eigenvalue weighted by Gasteiger charge is -2.24. The number of aromatic carboxylic acids is 1. The summed E-state index contributed by atoms with van der Waals surface area (Å²) < 4.78 is 13.4. The van der Waals surface area contributed by atoms with Crippen molar-refractivity contribution in [3.8, 4) is 6.07 Å². The molecule has 1 N–H and O–H groups in total. The highest BCUT2D eigenvalue weighted by Crippen LogP contribution is 2.36. The highest BCUT2D eigenvalue weighted by atomic mass is 19.1. The Bertz CT molecular complexity index is 1110. The zero-order valence-electron chi connectivity index (χ0n) is 15.3. The van der Waals surface area contributed by atoms with Crippen LogP contribution in [0.2, 0.25) is 0 Å². The maximum atomic E-state index is 13.4. The molecule has 0 saturated carbocycles. The Labute approximate surface area is 167 Å². The molecule has 0 unspecified atom stereocenters. The van der Waals surface area contributed by atoms with Gasteiger partial charge in [-0.05, 0) is 59.7 Å². The summed E-state index contributed by atoms with van der Waals surface area (Å²) in [6.07, 6.45) is 0.581. The number of halogens is 1. The van der Waals surface area contributed by atoms with E-state index in [4.69, 9.17) is 15.5 Å². The Hall–Kier alpha value is -3.98. The predicted molar refractivity (Wildman–Crippen MR) is 107 cm³/mol. The summed E-state index contributed by atoms with van der Waals surface area (Å²) in [5, 5.41) is 24.7. The number of hydrazone groups is 1. The van der Waals surface area contributed by atoms with Crippen LogP contribution in [0.1, 0.15) is 39.5 Å². The molecule has 5 nitrogen and oxygen atoms in total. The summed E-state index contributed by atoms with van der Waals surface area (Å²) >= 11 is 0. The van der Waals surface area contributed by atoms with Crippen LogP contribution < -0.4 is 5.01 Å². The van der Waals surface area contributed by atoms with E-state index in [9.17, 15) is 9.18 Å². The van der Waals surface area contributed by atoms with Gasteiger partial charge in [-0.3, -0.25) is 5.01 Å². The number of hydrogen-bond acceptors (Lipinski definition) is 4. The quantitative estimate of drug-likeness (QED) is 0.703. The standard InChI is InChI=1S/C23H16FN3O2/c24-19-9-7-17(8-10-19)22-13-21(16-3-5-18(6-4-16)23(28)29)26-27(22)20-11-1-15(14-25)2-12-20/h1-12,22H,13H2,(H,28,29)/t22-/m1/s1. The molecule has 142 valence electrons. The summed E-state index contributed by atoms with van der Waals surface area (Å²) in [5.41, 5.74) is 4.14. The topological polar surface area (TPSA) is 76.7 Å². The van der Waals surface area contributed by atoms with Gasteiger partial charge in [0.05, 0.1) is 34.6 Å². The number of carboxylic acids is 1. The molecular weight excluding hydrogens is 369 g/mol. The summed E-state index contributed by atoms with van der Waals surface area (Å²) in [4.78, 5) is 11.1. The van der Waals surface area contributed by atoms with Gasteiger partial charge in [0.2, 0.25) is 0 Å². The van der Waals surface area contributed by atoms with Crippen LogP contribution in [0.15, 0.2) is 77.9 Å². The second-order valence-corrected chi connectivity index (χ2v) is 6.70. The van der Waals surface area contributed by atoms with Crippen LogP contribution in [0.5, 0.6) is 0 Å². The minimum absolute atomic E-state index is 0.141. The predicted octanol–water partition coefficient (Wildman–Crippen LogP) is 4.75. The molecule has 1 aliphatic rings. The van der Waals surface area contributed by atoms with Gasteiger partial charge in [-0.1, -0.05) is 24.3 Å². The number of anilines is 1. The van der Waals surface area contributed by atoms with Crippen molar-refractivity contribution >= 4 is 17.4 Å². The minimum Gasteiger partial charge on any atom is -0.478 e. The molecule has 3 aromatic rings. The van der Waals surface area contributed by atoms with E-state index in [0.29, 0.717) is 12.0 Å². The summed E-state index contributed by atoms with van der Waals surface area (Å²) in [6, 6.07) is 22.0. The van der Waals surface area contributed by atoms with Gasteiger partial charge in [0, 0.05) is 6.42 Å². The first-order valence-electron chi connectivity index (χ1n) is 9.01. The number of rotatable bonds is 4. The van der Waals surface area contributed by atoms with E-state index < -0.39 is 5.97 Å². The van der Waals surface area contributed by atoms with Gasteiger partial charge < -0.3 is 5.11 Å². The second kappa shape index (κ2) is 7.56. The molecule has 0 fully saturated rings. The van der Waals surface area contributed by atoms with E-state index in [0.717, 1.165) is 22.5 Å². The van der Waals surface area contributed by atoms with Crippen molar-refractivity contribution in [2.45, 2.75) is 12.5 Å². The van der Waals surface area contributed by atoms with E-state index in [1.807, 2.05) is 17.1 Å². The van der Waals surface area contributed by atoms with Crippen LogP contribution in [0.3, 0.4) is 0 Å². The van der Waals surface area contributed by atoms with Gasteiger partial charge in [-0.25, -0.2) is 9.18 Å². The molecular formula is C23H16FN3O2. The number of carbonyl (C=O) groups is 1. The minimum atomic E-state index is -0.978. The average Bonchev–Trinajstić information content (AvgIpc) is 3.20. The summed E-state index contributed by atoms with van der Waals surface area (Å²) in [7, 11) is 0. The molecule has 0 aliphatic carbocycles. The monoisotopic (exact) mass is 385 g/mol. The fourth-order valence-electron chi connectivity index (χ4n) is 3.36. The lowest BCUT2D eigenvalue weighted by molar-refractivity contribution is 0.0697. The van der Waals surface area contributed by atoms with Crippen LogP contribution in [0.4, 0.5) is 10.1 Å². The van der Waals surface area contributed by atoms with Crippen molar-refractivity contribution in [2.24, 2.45) is 5.10 Å². The van der Waals surface area contributed by atoms with Crippen LogP contribution in [-0.4, -0.2) is 16.8 Å². The highest BCUT2D eigenvalue weighted by molar-refractivity contribution is 6.04. The van der Waals surface area contributed by atoms with Gasteiger partial charge in [0.1, 0.15) is 5.82 Å². The van der Waals surface area contributed by atoms with E-state index in [1.165, 1.54) is 12.1 Å². The number of nitriles is 1. The molecule has 3 aromatic carbocycles. The molecule has 6 heteroatoms. The smallest absolute Gasteiger partial charge is 0.335 e. The average molecular weight is 385 g/mol. The largest absolute Gasteiger partial charge is 0.478 e. The molecule has 1 aliphatic heterocycles. The normalized spacial score (nSPS) is 15.7. The Morgan fingerprint density at radius 1 is 1.03 bits per heavy atom. The van der Waals surface area contributed by atoms with E-state index in [1.54, 1.807) is 48.5 Å². The lowest BCUT2D eigenvalue weighted by atomic mass is 9.97. The van der Waals surface area contributed by atoms with Crippen molar-refractivity contribution < 1.29 is 14.3 Å². The number of benzene rings is 3. The number of hydrogen-bond donors (Lipinski definition) is 1. The second-order valence-electron chi connectivity index (χ2n) is 6.70. The Morgan fingerprint density at radius 2 is 1.69 bits per heavy atom. The van der Waals surface area contributed by atoms with Crippen LogP contribution >= 0.6 is 0 Å². The van der Waals surface area contributed by atoms with Crippen LogP contribution in [-0.2, 0) is 0 Å². The highest BCUT2D eigenvalue weighted by Gasteiger charge is 2.30. The van der Waals surface area contributed by atoms with Crippen molar-refractivity contribution in [1.29, 1.82) is 5.26 Å². The van der Waals surface area contributed by atoms with Crippen LogP contribution in [0.25, 0.3) is 0 Å². The zero-order chi connectivity index (χ0) is 20.4. The maximum Gasteiger partial charge on any atom is 0.335 e. The molecule has 0 spiro atoms. The zero-order valence-corrected chi connectivity index (χ0v) is 15.3. The molecule has 1 heterocycles. The summed E-state index contributed by atoms with van der Waals surface area (Å²) in [6.45, 7) is 0. The van der Waals surface area contributed by atoms with Gasteiger partial charge in [0.15, 0.2) is 0 Å². The van der Waals surface area contributed by atoms with E-state index in [2.05, 4.69) is 6.07 Å². The van der Waals surface area contributed by atoms with E-state index in [-0.39, 0.29) is 17.4 Å². The van der Waals surface area contributed by atoms with Gasteiger partial charge >= 0.3 is 5.97 Å².